The van der Waals surface area contributed by atoms with Crippen molar-refractivity contribution in [1.29, 1.82) is 0 Å². The molecule has 0 fully saturated rings. The minimum absolute atomic E-state index is 0.430. The van der Waals surface area contributed by atoms with Crippen LogP contribution >= 0.6 is 15.9 Å². The van der Waals surface area contributed by atoms with Gasteiger partial charge in [-0.05, 0) is 17.7 Å². The maximum atomic E-state index is 11.0. The molecule has 0 aliphatic heterocycles. The second-order valence-corrected chi connectivity index (χ2v) is 4.53. The van der Waals surface area contributed by atoms with Crippen LogP contribution < -0.4 is 0 Å². The van der Waals surface area contributed by atoms with Gasteiger partial charge in [0.15, 0.2) is 6.10 Å². The SMILES string of the molecule is COC(OC)C(C(O)c1ccc(Br)cc1)[N+](=O)[O-]. The Bertz CT molecular complexity index is 393. The molecule has 100 valence electrons. The summed E-state index contributed by atoms with van der Waals surface area (Å²) in [5.41, 5.74) is 0.430. The lowest BCUT2D eigenvalue weighted by Crippen LogP contribution is -2.41. The first-order valence-corrected chi connectivity index (χ1v) is 5.93. The van der Waals surface area contributed by atoms with E-state index in [0.29, 0.717) is 5.56 Å². The molecular weight excluding hydrogens is 306 g/mol. The summed E-state index contributed by atoms with van der Waals surface area (Å²) in [4.78, 5) is 10.4. The number of rotatable bonds is 6. The standard InChI is InChI=1S/C11H14BrNO5/c1-17-11(18-2)9(13(15)16)10(14)7-3-5-8(12)6-4-7/h3-6,9-11,14H,1-2H3. The molecule has 0 spiro atoms. The van der Waals surface area contributed by atoms with Crippen molar-refractivity contribution in [2.45, 2.75) is 18.4 Å². The molecule has 0 bridgehead atoms. The van der Waals surface area contributed by atoms with Gasteiger partial charge in [0.2, 0.25) is 6.29 Å². The van der Waals surface area contributed by atoms with Gasteiger partial charge in [-0.25, -0.2) is 0 Å². The minimum atomic E-state index is -1.39. The van der Waals surface area contributed by atoms with Crippen molar-refractivity contribution in [2.24, 2.45) is 0 Å². The third-order valence-corrected chi connectivity index (χ3v) is 3.05. The Balaban J connectivity index is 2.98. The van der Waals surface area contributed by atoms with E-state index in [1.54, 1.807) is 24.3 Å². The lowest BCUT2D eigenvalue weighted by Gasteiger charge is -2.22. The first-order chi connectivity index (χ1) is 8.51. The number of ether oxygens (including phenoxy) is 2. The summed E-state index contributed by atoms with van der Waals surface area (Å²) in [6.07, 6.45) is -2.42. The lowest BCUT2D eigenvalue weighted by molar-refractivity contribution is -0.561. The van der Waals surface area contributed by atoms with Crippen LogP contribution in [0.2, 0.25) is 0 Å². The predicted molar refractivity (Wildman–Crippen MR) is 67.7 cm³/mol. The number of nitro groups is 1. The van der Waals surface area contributed by atoms with Crippen LogP contribution in [-0.2, 0) is 9.47 Å². The van der Waals surface area contributed by atoms with Crippen LogP contribution in [0.3, 0.4) is 0 Å². The highest BCUT2D eigenvalue weighted by Gasteiger charge is 2.40. The van der Waals surface area contributed by atoms with E-state index in [0.717, 1.165) is 4.47 Å². The second kappa shape index (κ2) is 6.79. The Morgan fingerprint density at radius 2 is 1.78 bits per heavy atom. The molecule has 7 heteroatoms. The minimum Gasteiger partial charge on any atom is -0.381 e. The monoisotopic (exact) mass is 319 g/mol. The Hall–Kier alpha value is -1.02. The summed E-state index contributed by atoms with van der Waals surface area (Å²) in [5.74, 6) is 0. The third-order valence-electron chi connectivity index (χ3n) is 2.52. The van der Waals surface area contributed by atoms with Gasteiger partial charge in [0.25, 0.3) is 6.04 Å². The summed E-state index contributed by atoms with van der Waals surface area (Å²) in [7, 11) is 2.58. The third kappa shape index (κ3) is 3.49. The molecule has 0 radical (unpaired) electrons. The topological polar surface area (TPSA) is 81.8 Å². The lowest BCUT2D eigenvalue weighted by atomic mass is 10.0. The Labute approximate surface area is 113 Å². The van der Waals surface area contributed by atoms with Crippen molar-refractivity contribution >= 4 is 15.9 Å². The molecule has 0 aliphatic carbocycles. The average molecular weight is 320 g/mol. The smallest absolute Gasteiger partial charge is 0.292 e. The van der Waals surface area contributed by atoms with Crippen molar-refractivity contribution < 1.29 is 19.5 Å². The summed E-state index contributed by atoms with van der Waals surface area (Å²) in [6.45, 7) is 0. The van der Waals surface area contributed by atoms with Crippen LogP contribution in [0.4, 0.5) is 0 Å². The van der Waals surface area contributed by atoms with E-state index in [9.17, 15) is 15.2 Å². The maximum absolute atomic E-state index is 11.0. The first-order valence-electron chi connectivity index (χ1n) is 5.14. The summed E-state index contributed by atoms with van der Waals surface area (Å²) in [6, 6.07) is 5.22. The molecule has 1 aromatic rings. The first kappa shape index (κ1) is 15.0. The van der Waals surface area contributed by atoms with E-state index in [4.69, 9.17) is 9.47 Å². The second-order valence-electron chi connectivity index (χ2n) is 3.61. The highest BCUT2D eigenvalue weighted by Crippen LogP contribution is 2.24. The normalized spacial score (nSPS) is 14.5. The van der Waals surface area contributed by atoms with Gasteiger partial charge in [-0.1, -0.05) is 28.1 Å². The predicted octanol–water partition coefficient (Wildman–Crippen LogP) is 1.75. The number of hydrogen-bond donors (Lipinski definition) is 1. The fraction of sp³-hybridized carbons (Fsp3) is 0.455. The van der Waals surface area contributed by atoms with Gasteiger partial charge >= 0.3 is 0 Å². The van der Waals surface area contributed by atoms with Crippen molar-refractivity contribution in [3.63, 3.8) is 0 Å². The van der Waals surface area contributed by atoms with E-state index >= 15 is 0 Å². The van der Waals surface area contributed by atoms with Gasteiger partial charge in [0, 0.05) is 23.6 Å². The maximum Gasteiger partial charge on any atom is 0.292 e. The molecule has 6 nitrogen and oxygen atoms in total. The molecule has 2 unspecified atom stereocenters. The molecule has 2 atom stereocenters. The Morgan fingerprint density at radius 3 is 2.17 bits per heavy atom. The fourth-order valence-electron chi connectivity index (χ4n) is 1.60. The zero-order chi connectivity index (χ0) is 13.7. The van der Waals surface area contributed by atoms with Crippen LogP contribution in [-0.4, -0.2) is 36.6 Å². The molecule has 18 heavy (non-hydrogen) atoms. The molecule has 0 heterocycles. The van der Waals surface area contributed by atoms with Gasteiger partial charge in [-0.15, -0.1) is 0 Å². The largest absolute Gasteiger partial charge is 0.381 e. The zero-order valence-corrected chi connectivity index (χ0v) is 11.5. The molecule has 0 saturated carbocycles. The van der Waals surface area contributed by atoms with Gasteiger partial charge < -0.3 is 14.6 Å². The van der Waals surface area contributed by atoms with Crippen LogP contribution in [0.1, 0.15) is 11.7 Å². The molecule has 0 aliphatic rings. The molecule has 0 amide bonds. The van der Waals surface area contributed by atoms with E-state index in [1.165, 1.54) is 14.2 Å². The van der Waals surface area contributed by atoms with Crippen molar-refractivity contribution in [3.8, 4) is 0 Å². The highest BCUT2D eigenvalue weighted by molar-refractivity contribution is 9.10. The number of halogens is 1. The van der Waals surface area contributed by atoms with Gasteiger partial charge in [-0.2, -0.15) is 0 Å². The number of aliphatic hydroxyl groups is 1. The molecule has 1 N–H and O–H groups in total. The average Bonchev–Trinajstić information content (AvgIpc) is 2.35. The fourth-order valence-corrected chi connectivity index (χ4v) is 1.86. The van der Waals surface area contributed by atoms with Crippen molar-refractivity contribution in [1.82, 2.24) is 0 Å². The van der Waals surface area contributed by atoms with Crippen LogP contribution in [0, 0.1) is 10.1 Å². The Morgan fingerprint density at radius 1 is 1.28 bits per heavy atom. The van der Waals surface area contributed by atoms with Crippen molar-refractivity contribution in [2.75, 3.05) is 14.2 Å². The Kier molecular flexibility index (Phi) is 5.67. The van der Waals surface area contributed by atoms with Crippen LogP contribution in [0.15, 0.2) is 28.7 Å². The van der Waals surface area contributed by atoms with E-state index < -0.39 is 23.4 Å². The van der Waals surface area contributed by atoms with E-state index in [2.05, 4.69) is 15.9 Å². The van der Waals surface area contributed by atoms with E-state index in [-0.39, 0.29) is 0 Å². The molecule has 1 rings (SSSR count). The molecule has 0 aromatic heterocycles. The molecule has 0 saturated heterocycles. The zero-order valence-electron chi connectivity index (χ0n) is 9.95. The molecule has 1 aromatic carbocycles. The number of hydrogen-bond acceptors (Lipinski definition) is 5. The van der Waals surface area contributed by atoms with Crippen molar-refractivity contribution in [3.05, 3.63) is 44.4 Å². The number of methoxy groups -OCH3 is 2. The van der Waals surface area contributed by atoms with E-state index in [1.807, 2.05) is 0 Å². The van der Waals surface area contributed by atoms with Crippen LogP contribution in [0.25, 0.3) is 0 Å². The summed E-state index contributed by atoms with van der Waals surface area (Å²) >= 11 is 3.25. The number of benzene rings is 1. The number of nitrogens with zero attached hydrogens (tertiary/aromatic N) is 1. The van der Waals surface area contributed by atoms with Gasteiger partial charge in [0.05, 0.1) is 0 Å². The van der Waals surface area contributed by atoms with Gasteiger partial charge in [0.1, 0.15) is 0 Å². The van der Waals surface area contributed by atoms with Gasteiger partial charge in [-0.3, -0.25) is 10.1 Å². The quantitative estimate of drug-likeness (QED) is 0.490. The summed E-state index contributed by atoms with van der Waals surface area (Å²) < 4.78 is 10.5. The summed E-state index contributed by atoms with van der Waals surface area (Å²) in [5, 5.41) is 21.1. The molecular formula is C11H14BrNO5. The van der Waals surface area contributed by atoms with Crippen LogP contribution in [0.5, 0.6) is 0 Å². The highest BCUT2D eigenvalue weighted by atomic mass is 79.9. The number of aliphatic hydroxyl groups excluding tert-OH is 1.